The van der Waals surface area contributed by atoms with Gasteiger partial charge in [0.25, 0.3) is 11.8 Å². The number of nitrogens with one attached hydrogen (secondary N) is 2. The highest BCUT2D eigenvalue weighted by Crippen LogP contribution is 2.27. The Hall–Kier alpha value is -3.02. The van der Waals surface area contributed by atoms with Gasteiger partial charge in [0.2, 0.25) is 0 Å². The predicted molar refractivity (Wildman–Crippen MR) is 122 cm³/mol. The molecular weight excluding hydrogens is 392 g/mol. The Balaban J connectivity index is 1.77. The zero-order valence-corrected chi connectivity index (χ0v) is 19.0. The molecule has 0 aliphatic heterocycles. The molecule has 2 aromatic carbocycles. The molecule has 0 unspecified atom stereocenters. The van der Waals surface area contributed by atoms with Gasteiger partial charge in [0.1, 0.15) is 11.5 Å². The number of ether oxygens (including phenoxy) is 2. The van der Waals surface area contributed by atoms with Crippen LogP contribution in [0.2, 0.25) is 0 Å². The number of carbonyl (C=O) groups is 2. The third-order valence-corrected chi connectivity index (χ3v) is 4.85. The molecule has 31 heavy (non-hydrogen) atoms. The fraction of sp³-hybridized carbons (Fsp3) is 0.440. The third-order valence-electron chi connectivity index (χ3n) is 4.85. The summed E-state index contributed by atoms with van der Waals surface area (Å²) < 4.78 is 11.4. The van der Waals surface area contributed by atoms with Gasteiger partial charge < -0.3 is 9.47 Å². The van der Waals surface area contributed by atoms with Crippen LogP contribution in [0, 0.1) is 6.92 Å². The van der Waals surface area contributed by atoms with E-state index in [9.17, 15) is 9.59 Å². The maximum Gasteiger partial charge on any atom is 0.276 e. The number of rotatable bonds is 11. The first-order chi connectivity index (χ1) is 14.9. The smallest absolute Gasteiger partial charge is 0.276 e. The zero-order valence-electron chi connectivity index (χ0n) is 19.0. The summed E-state index contributed by atoms with van der Waals surface area (Å²) in [6, 6.07) is 12.8. The van der Waals surface area contributed by atoms with Crippen molar-refractivity contribution in [3.8, 4) is 11.5 Å². The van der Waals surface area contributed by atoms with E-state index in [1.807, 2.05) is 25.1 Å². The van der Waals surface area contributed by atoms with Gasteiger partial charge in [-0.25, -0.2) is 0 Å². The van der Waals surface area contributed by atoms with E-state index in [1.54, 1.807) is 24.3 Å². The summed E-state index contributed by atoms with van der Waals surface area (Å²) in [4.78, 5) is 24.3. The summed E-state index contributed by atoms with van der Waals surface area (Å²) >= 11 is 0. The van der Waals surface area contributed by atoms with Gasteiger partial charge in [-0.05, 0) is 60.7 Å². The quantitative estimate of drug-likeness (QED) is 0.395. The van der Waals surface area contributed by atoms with Gasteiger partial charge in [-0.1, -0.05) is 52.2 Å². The number of aryl methyl sites for hydroxylation is 1. The number of benzene rings is 2. The molecule has 0 aliphatic rings. The van der Waals surface area contributed by atoms with Crippen LogP contribution in [0.4, 0.5) is 0 Å². The molecule has 168 valence electrons. The molecule has 0 fully saturated rings. The van der Waals surface area contributed by atoms with Crippen molar-refractivity contribution in [1.29, 1.82) is 0 Å². The highest BCUT2D eigenvalue weighted by molar-refractivity contribution is 5.95. The number of hydrogen-bond donors (Lipinski definition) is 2. The third kappa shape index (κ3) is 8.32. The Labute approximate surface area is 185 Å². The molecular formula is C25H34N2O4. The molecule has 0 aromatic heterocycles. The lowest BCUT2D eigenvalue weighted by atomic mass is 10.0. The fourth-order valence-electron chi connectivity index (χ4n) is 3.04. The van der Waals surface area contributed by atoms with Crippen LogP contribution < -0.4 is 20.3 Å². The van der Waals surface area contributed by atoms with E-state index >= 15 is 0 Å². The Kier molecular flexibility index (Phi) is 9.88. The Morgan fingerprint density at radius 1 is 0.935 bits per heavy atom. The van der Waals surface area contributed by atoms with Gasteiger partial charge in [0.15, 0.2) is 6.61 Å². The Morgan fingerprint density at radius 2 is 1.68 bits per heavy atom. The number of hydrazine groups is 1. The van der Waals surface area contributed by atoms with Crippen molar-refractivity contribution >= 4 is 11.8 Å². The van der Waals surface area contributed by atoms with E-state index in [0.29, 0.717) is 17.9 Å². The molecule has 0 saturated heterocycles. The first-order valence-corrected chi connectivity index (χ1v) is 11.0. The lowest BCUT2D eigenvalue weighted by Crippen LogP contribution is -2.43. The highest BCUT2D eigenvalue weighted by atomic mass is 16.5. The van der Waals surface area contributed by atoms with Gasteiger partial charge in [-0.15, -0.1) is 0 Å². The van der Waals surface area contributed by atoms with Crippen LogP contribution in [0.25, 0.3) is 0 Å². The summed E-state index contributed by atoms with van der Waals surface area (Å²) in [5.41, 5.74) is 7.32. The monoisotopic (exact) mass is 426 g/mol. The lowest BCUT2D eigenvalue weighted by Gasteiger charge is -2.15. The van der Waals surface area contributed by atoms with Gasteiger partial charge >= 0.3 is 0 Å². The van der Waals surface area contributed by atoms with Crippen molar-refractivity contribution in [2.45, 2.75) is 59.3 Å². The first-order valence-electron chi connectivity index (χ1n) is 11.0. The molecule has 0 aliphatic carbocycles. The summed E-state index contributed by atoms with van der Waals surface area (Å²) in [5, 5.41) is 0. The molecule has 0 heterocycles. The van der Waals surface area contributed by atoms with Gasteiger partial charge in [-0.2, -0.15) is 0 Å². The second-order valence-corrected chi connectivity index (χ2v) is 7.92. The minimum Gasteiger partial charge on any atom is -0.494 e. The largest absolute Gasteiger partial charge is 0.494 e. The number of unbranched alkanes of at least 4 members (excludes halogenated alkanes) is 3. The van der Waals surface area contributed by atoms with Crippen molar-refractivity contribution in [3.05, 3.63) is 59.2 Å². The van der Waals surface area contributed by atoms with Crippen LogP contribution in [0.15, 0.2) is 42.5 Å². The van der Waals surface area contributed by atoms with E-state index in [2.05, 4.69) is 31.6 Å². The average molecular weight is 427 g/mol. The molecule has 2 amide bonds. The van der Waals surface area contributed by atoms with E-state index in [0.717, 1.165) is 29.7 Å². The van der Waals surface area contributed by atoms with Crippen molar-refractivity contribution in [3.63, 3.8) is 0 Å². The van der Waals surface area contributed by atoms with Crippen LogP contribution >= 0.6 is 0 Å². The van der Waals surface area contributed by atoms with Crippen molar-refractivity contribution in [1.82, 2.24) is 10.9 Å². The molecule has 0 spiro atoms. The molecule has 0 bridgehead atoms. The van der Waals surface area contributed by atoms with Crippen molar-refractivity contribution in [2.24, 2.45) is 0 Å². The van der Waals surface area contributed by atoms with E-state index in [1.165, 1.54) is 12.8 Å². The summed E-state index contributed by atoms with van der Waals surface area (Å²) in [6.45, 7) is 8.77. The predicted octanol–water partition coefficient (Wildman–Crippen LogP) is 4.92. The molecule has 0 atom stereocenters. The SMILES string of the molecule is CCCCCCOc1ccc(C(=O)NNC(=O)COc2cc(C)ccc2C(C)C)cc1. The van der Waals surface area contributed by atoms with Crippen molar-refractivity contribution < 1.29 is 19.1 Å². The van der Waals surface area contributed by atoms with E-state index < -0.39 is 11.8 Å². The van der Waals surface area contributed by atoms with E-state index in [4.69, 9.17) is 9.47 Å². The summed E-state index contributed by atoms with van der Waals surface area (Å²) in [6.07, 6.45) is 4.58. The Morgan fingerprint density at radius 3 is 2.35 bits per heavy atom. The number of amides is 2. The molecule has 2 rings (SSSR count). The van der Waals surface area contributed by atoms with Crippen LogP contribution in [0.3, 0.4) is 0 Å². The maximum absolute atomic E-state index is 12.2. The number of hydrogen-bond acceptors (Lipinski definition) is 4. The van der Waals surface area contributed by atoms with Crippen LogP contribution in [0.1, 0.15) is 73.9 Å². The van der Waals surface area contributed by atoms with Crippen LogP contribution in [-0.4, -0.2) is 25.0 Å². The van der Waals surface area contributed by atoms with Gasteiger partial charge in [0.05, 0.1) is 6.61 Å². The van der Waals surface area contributed by atoms with E-state index in [-0.39, 0.29) is 12.5 Å². The minimum atomic E-state index is -0.434. The number of carbonyl (C=O) groups excluding carboxylic acids is 2. The lowest BCUT2D eigenvalue weighted by molar-refractivity contribution is -0.123. The summed E-state index contributed by atoms with van der Waals surface area (Å²) in [7, 11) is 0. The molecule has 6 nitrogen and oxygen atoms in total. The standard InChI is InChI=1S/C25H34N2O4/c1-5-6-7-8-15-30-21-12-10-20(11-13-21)25(29)27-26-24(28)17-31-23-16-19(4)9-14-22(23)18(2)3/h9-14,16,18H,5-8,15,17H2,1-4H3,(H,26,28)(H,27,29). The molecule has 2 N–H and O–H groups in total. The van der Waals surface area contributed by atoms with Crippen LogP contribution in [-0.2, 0) is 4.79 Å². The molecule has 0 saturated carbocycles. The minimum absolute atomic E-state index is 0.186. The first kappa shape index (κ1) is 24.3. The topological polar surface area (TPSA) is 76.7 Å². The van der Waals surface area contributed by atoms with Gasteiger partial charge in [-0.3, -0.25) is 20.4 Å². The molecule has 2 aromatic rings. The Bertz CT molecular complexity index is 847. The zero-order chi connectivity index (χ0) is 22.6. The average Bonchev–Trinajstić information content (AvgIpc) is 2.76. The fourth-order valence-corrected chi connectivity index (χ4v) is 3.04. The van der Waals surface area contributed by atoms with Gasteiger partial charge in [0, 0.05) is 5.56 Å². The van der Waals surface area contributed by atoms with Crippen LogP contribution in [0.5, 0.6) is 11.5 Å². The van der Waals surface area contributed by atoms with Crippen molar-refractivity contribution in [2.75, 3.05) is 13.2 Å². The normalized spacial score (nSPS) is 10.6. The second-order valence-electron chi connectivity index (χ2n) is 7.92. The highest BCUT2D eigenvalue weighted by Gasteiger charge is 2.12. The molecule has 0 radical (unpaired) electrons. The maximum atomic E-state index is 12.2. The summed E-state index contributed by atoms with van der Waals surface area (Å²) in [5.74, 6) is 0.853. The second kappa shape index (κ2) is 12.6. The molecule has 6 heteroatoms.